The zero-order valence-corrected chi connectivity index (χ0v) is 12.2. The van der Waals surface area contributed by atoms with Crippen molar-refractivity contribution in [2.24, 2.45) is 5.10 Å². The molecule has 0 aliphatic carbocycles. The van der Waals surface area contributed by atoms with Crippen molar-refractivity contribution in [2.45, 2.75) is 12.5 Å². The van der Waals surface area contributed by atoms with E-state index in [1.54, 1.807) is 12.1 Å². The topological polar surface area (TPSA) is 83.1 Å². The molecule has 7 heteroatoms. The number of carboxylic acid groups (broad SMARTS) is 1. The Hall–Kier alpha value is -2.67. The fraction of sp³-hybridized carbons (Fsp3) is 0.133. The molecule has 0 bridgehead atoms. The SMILES string of the molecule is O=C(O)/C=C/C(=O)N1N=C(c2cccs2)C[C@@H]1c1ccco1. The van der Waals surface area contributed by atoms with Gasteiger partial charge >= 0.3 is 5.97 Å². The van der Waals surface area contributed by atoms with Gasteiger partial charge in [-0.2, -0.15) is 5.10 Å². The summed E-state index contributed by atoms with van der Waals surface area (Å²) in [5.74, 6) is -1.05. The van der Waals surface area contributed by atoms with Crippen molar-refractivity contribution in [2.75, 3.05) is 0 Å². The number of hydrazone groups is 1. The summed E-state index contributed by atoms with van der Waals surface area (Å²) >= 11 is 1.54. The number of nitrogens with zero attached hydrogens (tertiary/aromatic N) is 2. The van der Waals surface area contributed by atoms with Crippen molar-refractivity contribution in [1.82, 2.24) is 5.01 Å². The van der Waals surface area contributed by atoms with Gasteiger partial charge < -0.3 is 9.52 Å². The molecule has 6 nitrogen and oxygen atoms in total. The second kappa shape index (κ2) is 5.98. The predicted octanol–water partition coefficient (Wildman–Crippen LogP) is 2.66. The van der Waals surface area contributed by atoms with E-state index in [2.05, 4.69) is 5.10 Å². The van der Waals surface area contributed by atoms with Crippen LogP contribution in [0.5, 0.6) is 0 Å². The molecule has 0 unspecified atom stereocenters. The Kier molecular flexibility index (Phi) is 3.88. The first-order valence-corrected chi connectivity index (χ1v) is 7.42. The van der Waals surface area contributed by atoms with Gasteiger partial charge in [0.2, 0.25) is 0 Å². The summed E-state index contributed by atoms with van der Waals surface area (Å²) < 4.78 is 5.38. The fourth-order valence-electron chi connectivity index (χ4n) is 2.23. The van der Waals surface area contributed by atoms with Crippen molar-refractivity contribution in [3.8, 4) is 0 Å². The van der Waals surface area contributed by atoms with E-state index in [0.29, 0.717) is 12.2 Å². The van der Waals surface area contributed by atoms with E-state index in [1.807, 2.05) is 17.5 Å². The average Bonchev–Trinajstić information content (AvgIpc) is 3.23. The van der Waals surface area contributed by atoms with Gasteiger partial charge in [0.05, 0.1) is 16.9 Å². The van der Waals surface area contributed by atoms with E-state index >= 15 is 0 Å². The molecule has 0 fully saturated rings. The predicted molar refractivity (Wildman–Crippen MR) is 80.5 cm³/mol. The maximum absolute atomic E-state index is 12.2. The highest BCUT2D eigenvalue weighted by atomic mass is 32.1. The number of carbonyl (C=O) groups is 2. The first-order valence-electron chi connectivity index (χ1n) is 6.54. The van der Waals surface area contributed by atoms with Gasteiger partial charge in [0.15, 0.2) is 0 Å². The summed E-state index contributed by atoms with van der Waals surface area (Å²) in [4.78, 5) is 23.8. The maximum atomic E-state index is 12.2. The minimum atomic E-state index is -1.18. The van der Waals surface area contributed by atoms with Gasteiger partial charge in [0, 0.05) is 18.6 Å². The number of thiophene rings is 1. The Bertz CT molecular complexity index is 732. The van der Waals surface area contributed by atoms with E-state index in [-0.39, 0.29) is 6.04 Å². The Labute approximate surface area is 130 Å². The second-order valence-corrected chi connectivity index (χ2v) is 5.56. The van der Waals surface area contributed by atoms with Crippen molar-refractivity contribution in [3.05, 3.63) is 58.7 Å². The van der Waals surface area contributed by atoms with Crippen LogP contribution in [0.15, 0.2) is 57.6 Å². The number of aliphatic carboxylic acids is 1. The minimum absolute atomic E-state index is 0.363. The largest absolute Gasteiger partial charge is 0.478 e. The summed E-state index contributed by atoms with van der Waals surface area (Å²) in [5, 5.41) is 16.2. The average molecular weight is 316 g/mol. The second-order valence-electron chi connectivity index (χ2n) is 4.61. The molecular weight excluding hydrogens is 304 g/mol. The van der Waals surface area contributed by atoms with Crippen LogP contribution in [0.3, 0.4) is 0 Å². The molecule has 1 N–H and O–H groups in total. The van der Waals surface area contributed by atoms with E-state index in [1.165, 1.54) is 22.6 Å². The molecule has 0 aromatic carbocycles. The standard InChI is InChI=1S/C15H12N2O4S/c18-14(5-6-15(19)20)17-11(12-3-1-7-21-12)9-10(16-17)13-4-2-8-22-13/h1-8,11H,9H2,(H,19,20)/b6-5+/t11-/m1/s1. The molecule has 3 rings (SSSR count). The smallest absolute Gasteiger partial charge is 0.328 e. The minimum Gasteiger partial charge on any atom is -0.478 e. The monoisotopic (exact) mass is 316 g/mol. The third kappa shape index (κ3) is 2.84. The molecule has 1 amide bonds. The third-order valence-corrected chi connectivity index (χ3v) is 4.10. The molecule has 0 saturated carbocycles. The molecule has 3 heterocycles. The molecule has 1 aliphatic rings. The summed E-state index contributed by atoms with van der Waals surface area (Å²) in [6, 6.07) is 7.01. The summed E-state index contributed by atoms with van der Waals surface area (Å²) in [7, 11) is 0. The third-order valence-electron chi connectivity index (χ3n) is 3.18. The summed E-state index contributed by atoms with van der Waals surface area (Å²) in [5.41, 5.74) is 0.786. The number of carbonyl (C=O) groups excluding carboxylic acids is 1. The molecule has 22 heavy (non-hydrogen) atoms. The molecule has 0 spiro atoms. The molecule has 0 saturated heterocycles. The van der Waals surface area contributed by atoms with Crippen molar-refractivity contribution in [3.63, 3.8) is 0 Å². The highest BCUT2D eigenvalue weighted by Gasteiger charge is 2.34. The number of hydrogen-bond donors (Lipinski definition) is 1. The molecule has 1 aliphatic heterocycles. The Morgan fingerprint density at radius 1 is 1.36 bits per heavy atom. The number of rotatable bonds is 4. The van der Waals surface area contributed by atoms with Gasteiger partial charge in [-0.05, 0) is 23.6 Å². The summed E-state index contributed by atoms with van der Waals surface area (Å²) in [6.45, 7) is 0. The Balaban J connectivity index is 1.90. The number of furan rings is 1. The van der Waals surface area contributed by atoms with E-state index in [9.17, 15) is 9.59 Å². The van der Waals surface area contributed by atoms with Gasteiger partial charge in [0.25, 0.3) is 5.91 Å². The zero-order valence-electron chi connectivity index (χ0n) is 11.4. The maximum Gasteiger partial charge on any atom is 0.328 e. The van der Waals surface area contributed by atoms with Gasteiger partial charge in [-0.15, -0.1) is 11.3 Å². The lowest BCUT2D eigenvalue weighted by atomic mass is 10.1. The van der Waals surface area contributed by atoms with Crippen LogP contribution in [0.4, 0.5) is 0 Å². The molecule has 0 radical (unpaired) electrons. The highest BCUT2D eigenvalue weighted by Crippen LogP contribution is 2.34. The van der Waals surface area contributed by atoms with E-state index in [4.69, 9.17) is 9.52 Å². The van der Waals surface area contributed by atoms with Crippen molar-refractivity contribution < 1.29 is 19.1 Å². The lowest BCUT2D eigenvalue weighted by Crippen LogP contribution is -2.25. The van der Waals surface area contributed by atoms with Crippen LogP contribution in [0.25, 0.3) is 0 Å². The van der Waals surface area contributed by atoms with Gasteiger partial charge in [-0.1, -0.05) is 6.07 Å². The number of hydrogen-bond acceptors (Lipinski definition) is 5. The lowest BCUT2D eigenvalue weighted by molar-refractivity contribution is -0.132. The van der Waals surface area contributed by atoms with Crippen molar-refractivity contribution in [1.29, 1.82) is 0 Å². The lowest BCUT2D eigenvalue weighted by Gasteiger charge is -2.17. The summed E-state index contributed by atoms with van der Waals surface area (Å²) in [6.07, 6.45) is 3.87. The van der Waals surface area contributed by atoms with Crippen LogP contribution in [0.2, 0.25) is 0 Å². The van der Waals surface area contributed by atoms with Gasteiger partial charge in [-0.3, -0.25) is 4.79 Å². The number of carboxylic acids is 1. The Morgan fingerprint density at radius 3 is 2.86 bits per heavy atom. The molecule has 112 valence electrons. The Morgan fingerprint density at radius 2 is 2.23 bits per heavy atom. The van der Waals surface area contributed by atoms with E-state index < -0.39 is 11.9 Å². The molecule has 2 aromatic heterocycles. The van der Waals surface area contributed by atoms with E-state index in [0.717, 1.165) is 22.7 Å². The van der Waals surface area contributed by atoms with Crippen LogP contribution in [-0.2, 0) is 9.59 Å². The zero-order chi connectivity index (χ0) is 15.5. The number of amides is 1. The fourth-order valence-corrected chi connectivity index (χ4v) is 2.95. The normalized spacial score (nSPS) is 17.9. The highest BCUT2D eigenvalue weighted by molar-refractivity contribution is 7.12. The first kappa shape index (κ1) is 14.3. The van der Waals surface area contributed by atoms with Crippen LogP contribution in [0, 0.1) is 0 Å². The van der Waals surface area contributed by atoms with Gasteiger partial charge in [-0.25, -0.2) is 9.80 Å². The molecular formula is C15H12N2O4S. The van der Waals surface area contributed by atoms with Crippen LogP contribution < -0.4 is 0 Å². The van der Waals surface area contributed by atoms with Gasteiger partial charge in [0.1, 0.15) is 11.8 Å². The molecule has 2 aromatic rings. The first-order chi connectivity index (χ1) is 10.6. The molecule has 1 atom stereocenters. The van der Waals surface area contributed by atoms with Crippen LogP contribution >= 0.6 is 11.3 Å². The van der Waals surface area contributed by atoms with Crippen LogP contribution in [-0.4, -0.2) is 27.7 Å². The van der Waals surface area contributed by atoms with Crippen molar-refractivity contribution >= 4 is 28.9 Å². The van der Waals surface area contributed by atoms with Crippen LogP contribution in [0.1, 0.15) is 23.1 Å². The quantitative estimate of drug-likeness (QED) is 0.879.